The van der Waals surface area contributed by atoms with E-state index in [0.717, 1.165) is 18.3 Å². The van der Waals surface area contributed by atoms with E-state index in [4.69, 9.17) is 4.74 Å². The van der Waals surface area contributed by atoms with Gasteiger partial charge in [0.15, 0.2) is 5.90 Å². The Morgan fingerprint density at radius 1 is 1.58 bits per heavy atom. The molecule has 0 aromatic carbocycles. The Bertz CT molecular complexity index is 183. The molecule has 1 atom stereocenters. The Kier molecular flexibility index (Phi) is 3.04. The summed E-state index contributed by atoms with van der Waals surface area (Å²) in [4.78, 5) is 4.52. The number of nitrogens with zero attached hydrogens (tertiary/aromatic N) is 1. The molecule has 0 spiro atoms. The van der Waals surface area contributed by atoms with Crippen LogP contribution in [0.15, 0.2) is 4.99 Å². The van der Waals surface area contributed by atoms with Gasteiger partial charge in [0.1, 0.15) is 6.61 Å². The third kappa shape index (κ3) is 2.41. The van der Waals surface area contributed by atoms with Crippen molar-refractivity contribution in [2.24, 2.45) is 10.4 Å². The van der Waals surface area contributed by atoms with E-state index in [9.17, 15) is 0 Å². The number of hydrogen-bond donors (Lipinski definition) is 0. The molecule has 0 aliphatic carbocycles. The van der Waals surface area contributed by atoms with Crippen LogP contribution in [0.3, 0.4) is 0 Å². The zero-order valence-corrected chi connectivity index (χ0v) is 9.07. The summed E-state index contributed by atoms with van der Waals surface area (Å²) in [5.74, 6) is 1.83. The van der Waals surface area contributed by atoms with Crippen LogP contribution in [0.4, 0.5) is 0 Å². The number of ether oxygens (including phenoxy) is 1. The maximum Gasteiger partial charge on any atom is 0.193 e. The van der Waals surface area contributed by atoms with Crippen molar-refractivity contribution < 1.29 is 4.74 Å². The zero-order chi connectivity index (χ0) is 9.19. The Morgan fingerprint density at radius 2 is 2.25 bits per heavy atom. The minimum atomic E-state index is 0.236. The van der Waals surface area contributed by atoms with Gasteiger partial charge in [0.25, 0.3) is 0 Å². The van der Waals surface area contributed by atoms with Gasteiger partial charge < -0.3 is 4.74 Å². The van der Waals surface area contributed by atoms with Gasteiger partial charge in [-0.05, 0) is 11.7 Å². The summed E-state index contributed by atoms with van der Waals surface area (Å²) in [6.45, 7) is 7.37. The molecule has 1 rings (SSSR count). The minimum Gasteiger partial charge on any atom is -0.478 e. The first kappa shape index (κ1) is 9.90. The van der Waals surface area contributed by atoms with Crippen LogP contribution in [-0.2, 0) is 4.74 Å². The van der Waals surface area contributed by atoms with E-state index < -0.39 is 0 Å². The molecule has 0 aromatic heterocycles. The maximum atomic E-state index is 5.46. The molecule has 1 heterocycles. The summed E-state index contributed by atoms with van der Waals surface area (Å²) >= 11 is 1.76. The lowest BCUT2D eigenvalue weighted by Gasteiger charge is -2.21. The van der Waals surface area contributed by atoms with Gasteiger partial charge in [-0.1, -0.05) is 20.8 Å². The molecule has 0 fully saturated rings. The minimum absolute atomic E-state index is 0.236. The molecule has 0 amide bonds. The second kappa shape index (κ2) is 3.69. The molecule has 12 heavy (non-hydrogen) atoms. The fourth-order valence-electron chi connectivity index (χ4n) is 1.07. The molecule has 0 saturated heterocycles. The van der Waals surface area contributed by atoms with Crippen molar-refractivity contribution in [2.45, 2.75) is 26.8 Å². The average Bonchev–Trinajstić information content (AvgIpc) is 2.35. The maximum absolute atomic E-state index is 5.46. The van der Waals surface area contributed by atoms with Gasteiger partial charge in [-0.25, -0.2) is 4.99 Å². The summed E-state index contributed by atoms with van der Waals surface area (Å²) in [6.07, 6.45) is 2.07. The van der Waals surface area contributed by atoms with E-state index in [-0.39, 0.29) is 5.41 Å². The smallest absolute Gasteiger partial charge is 0.193 e. The lowest BCUT2D eigenvalue weighted by molar-refractivity contribution is 0.235. The summed E-state index contributed by atoms with van der Waals surface area (Å²) in [5, 5.41) is 0. The molecule has 2 nitrogen and oxygen atoms in total. The fourth-order valence-corrected chi connectivity index (χ4v) is 1.47. The molecule has 1 aliphatic rings. The largest absolute Gasteiger partial charge is 0.478 e. The Morgan fingerprint density at radius 3 is 2.67 bits per heavy atom. The molecule has 0 aromatic rings. The first-order valence-electron chi connectivity index (χ1n) is 4.22. The van der Waals surface area contributed by atoms with Crippen molar-refractivity contribution in [3.05, 3.63) is 0 Å². The molecule has 1 aliphatic heterocycles. The molecule has 0 bridgehead atoms. The van der Waals surface area contributed by atoms with Crippen LogP contribution >= 0.6 is 11.8 Å². The van der Waals surface area contributed by atoms with Crippen molar-refractivity contribution in [2.75, 3.05) is 18.6 Å². The van der Waals surface area contributed by atoms with Crippen molar-refractivity contribution in [3.63, 3.8) is 0 Å². The lowest BCUT2D eigenvalue weighted by atomic mass is 9.88. The quantitative estimate of drug-likeness (QED) is 0.661. The topological polar surface area (TPSA) is 21.6 Å². The molecule has 3 heteroatoms. The summed E-state index contributed by atoms with van der Waals surface area (Å²) in [6, 6.07) is 0.347. The van der Waals surface area contributed by atoms with E-state index in [2.05, 4.69) is 32.0 Å². The summed E-state index contributed by atoms with van der Waals surface area (Å²) in [5.41, 5.74) is 0.236. The zero-order valence-electron chi connectivity index (χ0n) is 8.26. The monoisotopic (exact) mass is 187 g/mol. The van der Waals surface area contributed by atoms with E-state index in [1.165, 1.54) is 0 Å². The highest BCUT2D eigenvalue weighted by Crippen LogP contribution is 2.26. The number of thioether (sulfide) groups is 1. The second-order valence-electron chi connectivity index (χ2n) is 4.15. The Hall–Kier alpha value is -0.180. The van der Waals surface area contributed by atoms with Crippen molar-refractivity contribution in [1.82, 2.24) is 0 Å². The van der Waals surface area contributed by atoms with Gasteiger partial charge in [0, 0.05) is 0 Å². The van der Waals surface area contributed by atoms with E-state index in [1.54, 1.807) is 11.8 Å². The van der Waals surface area contributed by atoms with Crippen LogP contribution in [-0.4, -0.2) is 30.6 Å². The molecule has 0 saturated carbocycles. The van der Waals surface area contributed by atoms with Crippen LogP contribution < -0.4 is 0 Å². The van der Waals surface area contributed by atoms with Gasteiger partial charge in [-0.15, -0.1) is 0 Å². The number of aliphatic imine (C=N–C) groups is 1. The number of hydrogen-bond acceptors (Lipinski definition) is 3. The van der Waals surface area contributed by atoms with Crippen LogP contribution in [0.5, 0.6) is 0 Å². The standard InChI is InChI=1S/C9H17NOS/c1-9(2,3)7-5-11-8(10-7)6-12-4/h7H,5-6H2,1-4H3/t7-/m1/s1. The molecule has 0 unspecified atom stereocenters. The Labute approximate surface area is 78.8 Å². The summed E-state index contributed by atoms with van der Waals surface area (Å²) in [7, 11) is 0. The second-order valence-corrected chi connectivity index (χ2v) is 5.01. The predicted molar refractivity (Wildman–Crippen MR) is 55.0 cm³/mol. The fraction of sp³-hybridized carbons (Fsp3) is 0.889. The van der Waals surface area contributed by atoms with E-state index in [1.807, 2.05) is 0 Å². The average molecular weight is 187 g/mol. The van der Waals surface area contributed by atoms with Gasteiger partial charge in [-0.3, -0.25) is 0 Å². The lowest BCUT2D eigenvalue weighted by Crippen LogP contribution is -2.25. The van der Waals surface area contributed by atoms with E-state index in [0.29, 0.717) is 6.04 Å². The highest BCUT2D eigenvalue weighted by Gasteiger charge is 2.29. The van der Waals surface area contributed by atoms with Crippen molar-refractivity contribution >= 4 is 17.7 Å². The van der Waals surface area contributed by atoms with Gasteiger partial charge in [0.2, 0.25) is 0 Å². The van der Waals surface area contributed by atoms with Crippen LogP contribution in [0.2, 0.25) is 0 Å². The molecular formula is C9H17NOS. The first-order chi connectivity index (χ1) is 5.54. The van der Waals surface area contributed by atoms with Crippen LogP contribution in [0.25, 0.3) is 0 Å². The molecule has 70 valence electrons. The van der Waals surface area contributed by atoms with Gasteiger partial charge in [0.05, 0.1) is 11.8 Å². The third-order valence-electron chi connectivity index (χ3n) is 1.98. The van der Waals surface area contributed by atoms with E-state index >= 15 is 0 Å². The van der Waals surface area contributed by atoms with Gasteiger partial charge in [-0.2, -0.15) is 11.8 Å². The Balaban J connectivity index is 2.53. The van der Waals surface area contributed by atoms with Crippen LogP contribution in [0.1, 0.15) is 20.8 Å². The number of rotatable bonds is 2. The first-order valence-corrected chi connectivity index (χ1v) is 5.62. The highest BCUT2D eigenvalue weighted by atomic mass is 32.2. The predicted octanol–water partition coefficient (Wildman–Crippen LogP) is 2.19. The van der Waals surface area contributed by atoms with Gasteiger partial charge >= 0.3 is 0 Å². The molecule has 0 radical (unpaired) electrons. The van der Waals surface area contributed by atoms with Crippen molar-refractivity contribution in [3.8, 4) is 0 Å². The normalized spacial score (nSPS) is 23.7. The van der Waals surface area contributed by atoms with Crippen molar-refractivity contribution in [1.29, 1.82) is 0 Å². The molecule has 0 N–H and O–H groups in total. The van der Waals surface area contributed by atoms with Crippen LogP contribution in [0, 0.1) is 5.41 Å². The summed E-state index contributed by atoms with van der Waals surface area (Å²) < 4.78 is 5.46. The molecular weight excluding hydrogens is 170 g/mol. The SMILES string of the molecule is CSCC1=N[C@@H](C(C)(C)C)CO1. The third-order valence-corrected chi connectivity index (χ3v) is 2.51. The highest BCUT2D eigenvalue weighted by molar-refractivity contribution is 7.99.